The summed E-state index contributed by atoms with van der Waals surface area (Å²) in [6.07, 6.45) is 0.785. The largest absolute Gasteiger partial charge is 0.375 e. The highest BCUT2D eigenvalue weighted by atomic mass is 19.1. The van der Waals surface area contributed by atoms with Crippen LogP contribution in [0.4, 0.5) is 4.39 Å². The van der Waals surface area contributed by atoms with Crippen molar-refractivity contribution >= 4 is 0 Å². The SMILES string of the molecule is CCC(C)(N)COCc1cccc(C#N)c1F. The van der Waals surface area contributed by atoms with Gasteiger partial charge in [-0.3, -0.25) is 0 Å². The molecule has 0 fully saturated rings. The molecule has 1 aromatic rings. The summed E-state index contributed by atoms with van der Waals surface area (Å²) in [5.74, 6) is -0.509. The van der Waals surface area contributed by atoms with Crippen molar-refractivity contribution in [1.29, 1.82) is 5.26 Å². The zero-order valence-corrected chi connectivity index (χ0v) is 10.2. The van der Waals surface area contributed by atoms with Crippen LogP contribution in [0.1, 0.15) is 31.4 Å². The van der Waals surface area contributed by atoms with Crippen molar-refractivity contribution in [3.8, 4) is 6.07 Å². The van der Waals surface area contributed by atoms with E-state index in [1.807, 2.05) is 13.8 Å². The van der Waals surface area contributed by atoms with E-state index in [0.29, 0.717) is 12.2 Å². The third kappa shape index (κ3) is 3.81. The molecule has 0 heterocycles. The molecule has 1 unspecified atom stereocenters. The lowest BCUT2D eigenvalue weighted by Gasteiger charge is -2.22. The Kier molecular flexibility index (Phi) is 4.62. The van der Waals surface area contributed by atoms with Gasteiger partial charge in [-0.25, -0.2) is 4.39 Å². The minimum atomic E-state index is -0.509. The standard InChI is InChI=1S/C13H17FN2O/c1-3-13(2,16)9-17-8-11-6-4-5-10(7-15)12(11)14/h4-6H,3,8-9,16H2,1-2H3. The monoisotopic (exact) mass is 236 g/mol. The number of benzene rings is 1. The van der Waals surface area contributed by atoms with Gasteiger partial charge < -0.3 is 10.5 Å². The molecule has 0 aliphatic rings. The van der Waals surface area contributed by atoms with Crippen LogP contribution >= 0.6 is 0 Å². The average Bonchev–Trinajstić information content (AvgIpc) is 2.31. The number of nitrogens with two attached hydrogens (primary N) is 1. The topological polar surface area (TPSA) is 59.0 Å². The van der Waals surface area contributed by atoms with Crippen molar-refractivity contribution in [3.63, 3.8) is 0 Å². The molecule has 92 valence electrons. The van der Waals surface area contributed by atoms with Crippen LogP contribution in [-0.2, 0) is 11.3 Å². The molecular formula is C13H17FN2O. The second-order valence-corrected chi connectivity index (χ2v) is 4.39. The van der Waals surface area contributed by atoms with Gasteiger partial charge in [0.25, 0.3) is 0 Å². The molecule has 4 heteroatoms. The summed E-state index contributed by atoms with van der Waals surface area (Å²) >= 11 is 0. The molecule has 0 aromatic heterocycles. The molecule has 0 radical (unpaired) electrons. The van der Waals surface area contributed by atoms with Crippen molar-refractivity contribution in [2.45, 2.75) is 32.4 Å². The predicted octanol–water partition coefficient (Wildman–Crippen LogP) is 2.34. The molecule has 0 spiro atoms. The molecule has 1 aromatic carbocycles. The van der Waals surface area contributed by atoms with Gasteiger partial charge >= 0.3 is 0 Å². The fraction of sp³-hybridized carbons (Fsp3) is 0.462. The van der Waals surface area contributed by atoms with Crippen LogP contribution in [0.15, 0.2) is 18.2 Å². The minimum Gasteiger partial charge on any atom is -0.375 e. The first-order valence-corrected chi connectivity index (χ1v) is 5.54. The van der Waals surface area contributed by atoms with E-state index in [4.69, 9.17) is 15.7 Å². The Morgan fingerprint density at radius 3 is 2.82 bits per heavy atom. The smallest absolute Gasteiger partial charge is 0.146 e. The lowest BCUT2D eigenvalue weighted by Crippen LogP contribution is -2.40. The molecule has 0 amide bonds. The number of nitriles is 1. The summed E-state index contributed by atoms with van der Waals surface area (Å²) in [6, 6.07) is 6.49. The zero-order valence-electron chi connectivity index (χ0n) is 10.2. The molecule has 0 saturated carbocycles. The van der Waals surface area contributed by atoms with E-state index in [9.17, 15) is 4.39 Å². The van der Waals surface area contributed by atoms with E-state index in [1.54, 1.807) is 18.2 Å². The summed E-state index contributed by atoms with van der Waals surface area (Å²) < 4.78 is 19.0. The highest BCUT2D eigenvalue weighted by molar-refractivity contribution is 5.34. The maximum absolute atomic E-state index is 13.6. The van der Waals surface area contributed by atoms with Gasteiger partial charge in [0.05, 0.1) is 18.8 Å². The zero-order chi connectivity index (χ0) is 12.9. The van der Waals surface area contributed by atoms with E-state index in [-0.39, 0.29) is 12.2 Å². The van der Waals surface area contributed by atoms with Crippen LogP contribution in [0.3, 0.4) is 0 Å². The third-order valence-electron chi connectivity index (χ3n) is 2.70. The van der Waals surface area contributed by atoms with Gasteiger partial charge in [0.1, 0.15) is 11.9 Å². The fourth-order valence-electron chi connectivity index (χ4n) is 1.27. The van der Waals surface area contributed by atoms with Crippen LogP contribution in [0.5, 0.6) is 0 Å². The third-order valence-corrected chi connectivity index (χ3v) is 2.70. The average molecular weight is 236 g/mol. The van der Waals surface area contributed by atoms with Crippen LogP contribution in [0.2, 0.25) is 0 Å². The molecule has 3 nitrogen and oxygen atoms in total. The van der Waals surface area contributed by atoms with Gasteiger partial charge in [0, 0.05) is 11.1 Å². The van der Waals surface area contributed by atoms with Crippen molar-refractivity contribution < 1.29 is 9.13 Å². The van der Waals surface area contributed by atoms with E-state index in [1.165, 1.54) is 6.07 Å². The summed E-state index contributed by atoms with van der Waals surface area (Å²) in [5.41, 5.74) is 5.93. The maximum atomic E-state index is 13.6. The number of hydrogen-bond acceptors (Lipinski definition) is 3. The Balaban J connectivity index is 2.62. The molecule has 0 bridgehead atoms. The molecule has 0 aliphatic heterocycles. The summed E-state index contributed by atoms with van der Waals surface area (Å²) in [5, 5.41) is 8.68. The molecule has 0 saturated heterocycles. The lowest BCUT2D eigenvalue weighted by atomic mass is 10.0. The van der Waals surface area contributed by atoms with Gasteiger partial charge in [-0.05, 0) is 19.4 Å². The lowest BCUT2D eigenvalue weighted by molar-refractivity contribution is 0.0760. The molecule has 2 N–H and O–H groups in total. The van der Waals surface area contributed by atoms with Crippen molar-refractivity contribution in [2.75, 3.05) is 6.61 Å². The summed E-state index contributed by atoms with van der Waals surface area (Å²) in [4.78, 5) is 0. The van der Waals surface area contributed by atoms with Crippen molar-refractivity contribution in [1.82, 2.24) is 0 Å². The minimum absolute atomic E-state index is 0.0390. The first-order valence-electron chi connectivity index (χ1n) is 5.54. The van der Waals surface area contributed by atoms with Gasteiger partial charge in [0.2, 0.25) is 0 Å². The number of ether oxygens (including phenoxy) is 1. The van der Waals surface area contributed by atoms with E-state index < -0.39 is 11.4 Å². The van der Waals surface area contributed by atoms with Gasteiger partial charge in [0.15, 0.2) is 0 Å². The van der Waals surface area contributed by atoms with E-state index >= 15 is 0 Å². The highest BCUT2D eigenvalue weighted by Gasteiger charge is 2.16. The Labute approximate surface area is 101 Å². The first kappa shape index (κ1) is 13.6. The molecule has 1 atom stereocenters. The van der Waals surface area contributed by atoms with Crippen molar-refractivity contribution in [2.24, 2.45) is 5.73 Å². The van der Waals surface area contributed by atoms with Crippen LogP contribution in [0.25, 0.3) is 0 Å². The Bertz CT molecular complexity index is 424. The summed E-state index contributed by atoms with van der Waals surface area (Å²) in [7, 11) is 0. The van der Waals surface area contributed by atoms with Crippen LogP contribution in [0, 0.1) is 17.1 Å². The van der Waals surface area contributed by atoms with E-state index in [2.05, 4.69) is 0 Å². The highest BCUT2D eigenvalue weighted by Crippen LogP contribution is 2.14. The van der Waals surface area contributed by atoms with Gasteiger partial charge in [-0.15, -0.1) is 0 Å². The Morgan fingerprint density at radius 2 is 2.24 bits per heavy atom. The van der Waals surface area contributed by atoms with Gasteiger partial charge in [-0.1, -0.05) is 19.1 Å². The second-order valence-electron chi connectivity index (χ2n) is 4.39. The molecule has 1 rings (SSSR count). The fourth-order valence-corrected chi connectivity index (χ4v) is 1.27. The maximum Gasteiger partial charge on any atom is 0.146 e. The number of halogens is 1. The second kappa shape index (κ2) is 5.76. The molecule has 17 heavy (non-hydrogen) atoms. The molecule has 0 aliphatic carbocycles. The predicted molar refractivity (Wildman–Crippen MR) is 63.7 cm³/mol. The number of hydrogen-bond donors (Lipinski definition) is 1. The van der Waals surface area contributed by atoms with Gasteiger partial charge in [-0.2, -0.15) is 5.26 Å². The first-order chi connectivity index (χ1) is 8.00. The molecular weight excluding hydrogens is 219 g/mol. The summed E-state index contributed by atoms with van der Waals surface area (Å²) in [6.45, 7) is 4.35. The Hall–Kier alpha value is -1.44. The number of rotatable bonds is 5. The Morgan fingerprint density at radius 1 is 1.53 bits per heavy atom. The quantitative estimate of drug-likeness (QED) is 0.853. The van der Waals surface area contributed by atoms with E-state index in [0.717, 1.165) is 6.42 Å². The number of nitrogens with zero attached hydrogens (tertiary/aromatic N) is 1. The van der Waals surface area contributed by atoms with Crippen molar-refractivity contribution in [3.05, 3.63) is 35.1 Å². The van der Waals surface area contributed by atoms with Crippen LogP contribution < -0.4 is 5.73 Å². The normalized spacial score (nSPS) is 14.1. The van der Waals surface area contributed by atoms with Crippen LogP contribution in [-0.4, -0.2) is 12.1 Å².